The van der Waals surface area contributed by atoms with Crippen LogP contribution >= 0.6 is 0 Å². The Labute approximate surface area is 266 Å². The fourth-order valence-corrected chi connectivity index (χ4v) is 6.21. The highest BCUT2D eigenvalue weighted by molar-refractivity contribution is 5.84. The molecule has 0 amide bonds. The van der Waals surface area contributed by atoms with Crippen LogP contribution in [0.25, 0.3) is 11.1 Å². The van der Waals surface area contributed by atoms with Crippen molar-refractivity contribution in [1.29, 1.82) is 0 Å². The van der Waals surface area contributed by atoms with Crippen molar-refractivity contribution in [1.82, 2.24) is 9.80 Å². The smallest absolute Gasteiger partial charge is 0.00101 e. The molecule has 3 heteroatoms. The number of aryl methyl sites for hydroxylation is 4. The molecule has 0 saturated heterocycles. The molecule has 0 bridgehead atoms. The van der Waals surface area contributed by atoms with Crippen molar-refractivity contribution < 1.29 is 12.4 Å². The summed E-state index contributed by atoms with van der Waals surface area (Å²) >= 11 is 0. The minimum absolute atomic E-state index is 0. The number of rotatable bonds is 6. The van der Waals surface area contributed by atoms with Gasteiger partial charge >= 0.3 is 0 Å². The third-order valence-corrected chi connectivity index (χ3v) is 8.41. The molecule has 0 N–H and O–H groups in total. The van der Waals surface area contributed by atoms with Gasteiger partial charge in [-0.15, -0.1) is 0 Å². The lowest BCUT2D eigenvalue weighted by molar-refractivity contribution is -0.00000850. The Balaban J connectivity index is 0.000000192. The topological polar surface area (TPSA) is 6.48 Å². The normalized spacial score (nSPS) is 13.3. The van der Waals surface area contributed by atoms with Crippen molar-refractivity contribution in [2.24, 2.45) is 0 Å². The first kappa shape index (κ1) is 32.5. The Morgan fingerprint density at radius 2 is 0.698 bits per heavy atom. The lowest BCUT2D eigenvalue weighted by Gasteiger charge is -2.13. The highest BCUT2D eigenvalue weighted by atomic mass is 35.5. The van der Waals surface area contributed by atoms with E-state index in [1.807, 2.05) is 0 Å². The molecule has 4 aromatic carbocycles. The van der Waals surface area contributed by atoms with Crippen LogP contribution in [-0.2, 0) is 25.7 Å². The second-order valence-electron chi connectivity index (χ2n) is 12.0. The van der Waals surface area contributed by atoms with Crippen LogP contribution in [-0.4, -0.2) is 51.1 Å². The molecule has 6 rings (SSSR count). The molecule has 0 atom stereocenters. The Morgan fingerprint density at radius 3 is 0.953 bits per heavy atom. The molecule has 2 nitrogen and oxygen atoms in total. The van der Waals surface area contributed by atoms with Crippen LogP contribution in [0.15, 0.2) is 109 Å². The zero-order valence-corrected chi connectivity index (χ0v) is 27.1. The molecule has 224 valence electrons. The molecule has 0 aliphatic heterocycles. The first-order chi connectivity index (χ1) is 20.5. The zero-order chi connectivity index (χ0) is 29.3. The lowest BCUT2D eigenvalue weighted by atomic mass is 9.93. The average Bonchev–Trinajstić information content (AvgIpc) is 3.26. The molecular weight excluding hydrogens is 544 g/mol. The Kier molecular flexibility index (Phi) is 12.0. The van der Waals surface area contributed by atoms with Crippen LogP contribution in [0.2, 0.25) is 0 Å². The average molecular weight is 590 g/mol. The van der Waals surface area contributed by atoms with Crippen LogP contribution in [0.5, 0.6) is 0 Å². The fourth-order valence-electron chi connectivity index (χ4n) is 6.21. The van der Waals surface area contributed by atoms with Crippen LogP contribution in [0.3, 0.4) is 0 Å². The molecule has 0 saturated carbocycles. The van der Waals surface area contributed by atoms with Crippen molar-refractivity contribution in [2.75, 3.05) is 41.3 Å². The molecule has 4 aromatic rings. The lowest BCUT2D eigenvalue weighted by Crippen LogP contribution is -3.00. The van der Waals surface area contributed by atoms with Gasteiger partial charge in [-0.25, -0.2) is 0 Å². The van der Waals surface area contributed by atoms with Crippen molar-refractivity contribution in [3.63, 3.8) is 0 Å². The van der Waals surface area contributed by atoms with E-state index in [4.69, 9.17) is 0 Å². The summed E-state index contributed by atoms with van der Waals surface area (Å²) in [6, 6.07) is 35.5. The fraction of sp³-hybridized carbons (Fsp3) is 0.300. The van der Waals surface area contributed by atoms with E-state index in [-0.39, 0.29) is 12.4 Å². The van der Waals surface area contributed by atoms with Gasteiger partial charge in [0.1, 0.15) is 0 Å². The third-order valence-electron chi connectivity index (χ3n) is 8.41. The SMILES string of the molecule is CN(C)CCC=C1c2ccccc2CCc2ccccc21.CN(C)CCC=C1c2ccccc2CCc2ccccc21.[Cl-]. The maximum Gasteiger partial charge on any atom is 0.00101 e. The highest BCUT2D eigenvalue weighted by Crippen LogP contribution is 2.35. The first-order valence-electron chi connectivity index (χ1n) is 15.5. The van der Waals surface area contributed by atoms with Crippen LogP contribution in [0.1, 0.15) is 57.3 Å². The number of halogens is 1. The minimum Gasteiger partial charge on any atom is -1.00 e. The zero-order valence-electron chi connectivity index (χ0n) is 26.3. The van der Waals surface area contributed by atoms with Crippen LogP contribution < -0.4 is 12.4 Å². The minimum atomic E-state index is 0. The highest BCUT2D eigenvalue weighted by Gasteiger charge is 2.18. The maximum absolute atomic E-state index is 2.42. The van der Waals surface area contributed by atoms with Crippen LogP contribution in [0, 0.1) is 0 Å². The van der Waals surface area contributed by atoms with Crippen molar-refractivity contribution >= 4 is 11.1 Å². The van der Waals surface area contributed by atoms with Gasteiger partial charge in [0.05, 0.1) is 0 Å². The molecule has 2 aliphatic rings. The predicted molar refractivity (Wildman–Crippen MR) is 181 cm³/mol. The van der Waals surface area contributed by atoms with E-state index in [2.05, 4.69) is 147 Å². The molecule has 0 unspecified atom stereocenters. The van der Waals surface area contributed by atoms with Gasteiger partial charge in [-0.2, -0.15) is 0 Å². The number of hydrogen-bond acceptors (Lipinski definition) is 2. The molecule has 2 aliphatic carbocycles. The number of hydrogen-bond donors (Lipinski definition) is 0. The van der Waals surface area contributed by atoms with Gasteiger partial charge in [0.15, 0.2) is 0 Å². The number of fused-ring (bicyclic) bond motifs is 4. The summed E-state index contributed by atoms with van der Waals surface area (Å²) in [7, 11) is 8.53. The molecule has 43 heavy (non-hydrogen) atoms. The summed E-state index contributed by atoms with van der Waals surface area (Å²) in [5.41, 5.74) is 14.4. The van der Waals surface area contributed by atoms with E-state index < -0.39 is 0 Å². The summed E-state index contributed by atoms with van der Waals surface area (Å²) in [6.45, 7) is 2.18. The second kappa shape index (κ2) is 15.9. The molecule has 0 radical (unpaired) electrons. The maximum atomic E-state index is 2.42. The van der Waals surface area contributed by atoms with Crippen LogP contribution in [0.4, 0.5) is 0 Å². The Bertz CT molecular complexity index is 1330. The predicted octanol–water partition coefficient (Wildman–Crippen LogP) is 5.34. The standard InChI is InChI=1S/2C20H23N.ClH/c2*1-21(2)15-7-12-20-18-10-5-3-8-16(18)13-14-17-9-4-6-11-19(17)20;/h2*3-6,8-12H,7,13-15H2,1-2H3;1H/p-1. The summed E-state index contributed by atoms with van der Waals surface area (Å²) in [5, 5.41) is 0. The molecular formula is C40H46ClN2-. The molecule has 0 aromatic heterocycles. The van der Waals surface area contributed by atoms with Gasteiger partial charge < -0.3 is 22.2 Å². The van der Waals surface area contributed by atoms with E-state index >= 15 is 0 Å². The largest absolute Gasteiger partial charge is 1.00 e. The van der Waals surface area contributed by atoms with Gasteiger partial charge in [-0.05, 0) is 122 Å². The van der Waals surface area contributed by atoms with E-state index in [0.29, 0.717) is 0 Å². The van der Waals surface area contributed by atoms with Crippen molar-refractivity contribution in [3.05, 3.63) is 154 Å². The van der Waals surface area contributed by atoms with Crippen molar-refractivity contribution in [2.45, 2.75) is 38.5 Å². The van der Waals surface area contributed by atoms with Crippen molar-refractivity contribution in [3.8, 4) is 0 Å². The summed E-state index contributed by atoms with van der Waals surface area (Å²) < 4.78 is 0. The van der Waals surface area contributed by atoms with E-state index in [1.165, 1.54) is 55.7 Å². The first-order valence-corrected chi connectivity index (χ1v) is 15.5. The Morgan fingerprint density at radius 1 is 0.442 bits per heavy atom. The quantitative estimate of drug-likeness (QED) is 0.300. The van der Waals surface area contributed by atoms with Gasteiger partial charge in [0, 0.05) is 13.1 Å². The van der Waals surface area contributed by atoms with Gasteiger partial charge in [0.2, 0.25) is 0 Å². The monoisotopic (exact) mass is 589 g/mol. The molecule has 0 spiro atoms. The van der Waals surface area contributed by atoms with E-state index in [9.17, 15) is 0 Å². The van der Waals surface area contributed by atoms with Gasteiger partial charge in [-0.3, -0.25) is 0 Å². The summed E-state index contributed by atoms with van der Waals surface area (Å²) in [4.78, 5) is 4.48. The number of nitrogens with zero attached hydrogens (tertiary/aromatic N) is 2. The van der Waals surface area contributed by atoms with Gasteiger partial charge in [-0.1, -0.05) is 109 Å². The summed E-state index contributed by atoms with van der Waals surface area (Å²) in [6.07, 6.45) is 11.6. The third kappa shape index (κ3) is 8.36. The second-order valence-corrected chi connectivity index (χ2v) is 12.0. The Hall–Kier alpha value is -3.43. The molecule has 0 heterocycles. The molecule has 0 fully saturated rings. The van der Waals surface area contributed by atoms with E-state index in [1.54, 1.807) is 0 Å². The summed E-state index contributed by atoms with van der Waals surface area (Å²) in [5.74, 6) is 0. The van der Waals surface area contributed by atoms with Gasteiger partial charge in [0.25, 0.3) is 0 Å². The van der Waals surface area contributed by atoms with E-state index in [0.717, 1.165) is 51.6 Å². The number of benzene rings is 4.